The van der Waals surface area contributed by atoms with Crippen molar-refractivity contribution < 1.29 is 14.4 Å². The first-order valence-corrected chi connectivity index (χ1v) is 12.0. The van der Waals surface area contributed by atoms with Gasteiger partial charge in [-0.3, -0.25) is 9.69 Å². The van der Waals surface area contributed by atoms with E-state index in [9.17, 15) is 4.79 Å². The predicted octanol–water partition coefficient (Wildman–Crippen LogP) is 4.40. The van der Waals surface area contributed by atoms with Crippen LogP contribution in [-0.2, 0) is 20.9 Å². The number of anilines is 1. The number of carbonyl (C=O) groups excluding carboxylic acids is 1. The van der Waals surface area contributed by atoms with E-state index in [-0.39, 0.29) is 12.2 Å². The van der Waals surface area contributed by atoms with Crippen molar-refractivity contribution in [3.63, 3.8) is 0 Å². The molecule has 2 aliphatic heterocycles. The predicted molar refractivity (Wildman–Crippen MR) is 129 cm³/mol. The number of piperidine rings is 1. The van der Waals surface area contributed by atoms with Gasteiger partial charge in [-0.25, -0.2) is 15.3 Å². The van der Waals surface area contributed by atoms with E-state index in [1.165, 1.54) is 11.6 Å². The molecule has 1 aromatic heterocycles. The molecule has 3 heterocycles. The van der Waals surface area contributed by atoms with Gasteiger partial charge in [-0.15, -0.1) is 0 Å². The highest BCUT2D eigenvalue weighted by Gasteiger charge is 2.20. The first kappa shape index (κ1) is 23.7. The molecule has 0 aliphatic carbocycles. The first-order valence-electron chi connectivity index (χ1n) is 11.6. The Morgan fingerprint density at radius 1 is 1.18 bits per heavy atom. The van der Waals surface area contributed by atoms with Crippen molar-refractivity contribution in [2.24, 2.45) is 0 Å². The second-order valence-corrected chi connectivity index (χ2v) is 8.97. The lowest BCUT2D eigenvalue weighted by Gasteiger charge is -2.33. The van der Waals surface area contributed by atoms with E-state index in [1.54, 1.807) is 12.3 Å². The molecule has 0 bridgehead atoms. The summed E-state index contributed by atoms with van der Waals surface area (Å²) in [5.74, 6) is 0.516. The lowest BCUT2D eigenvalue weighted by Crippen LogP contribution is -2.41. The highest BCUT2D eigenvalue weighted by Crippen LogP contribution is 2.18. The van der Waals surface area contributed by atoms with E-state index in [0.29, 0.717) is 12.6 Å². The zero-order valence-corrected chi connectivity index (χ0v) is 19.5. The number of ether oxygens (including phenoxy) is 1. The average molecular weight is 471 g/mol. The number of nitrogens with zero attached hydrogens (tertiary/aromatic N) is 2. The Morgan fingerprint density at radius 2 is 2.06 bits per heavy atom. The van der Waals surface area contributed by atoms with E-state index < -0.39 is 0 Å². The summed E-state index contributed by atoms with van der Waals surface area (Å²) < 4.78 is 5.42. The van der Waals surface area contributed by atoms with Crippen LogP contribution in [0.15, 0.2) is 48.7 Å². The van der Waals surface area contributed by atoms with E-state index in [1.807, 2.05) is 24.3 Å². The van der Waals surface area contributed by atoms with E-state index in [2.05, 4.69) is 32.8 Å². The van der Waals surface area contributed by atoms with Gasteiger partial charge in [0.25, 0.3) is 5.91 Å². The average Bonchev–Trinajstić information content (AvgIpc) is 2.85. The Hall–Kier alpha value is -2.45. The van der Waals surface area contributed by atoms with E-state index in [0.717, 1.165) is 68.1 Å². The van der Waals surface area contributed by atoms with Gasteiger partial charge in [0, 0.05) is 49.5 Å². The molecule has 8 heteroatoms. The molecule has 1 amide bonds. The maximum Gasteiger partial charge on any atom is 0.267 e. The van der Waals surface area contributed by atoms with Crippen molar-refractivity contribution in [1.29, 1.82) is 0 Å². The van der Waals surface area contributed by atoms with Crippen LogP contribution in [0.5, 0.6) is 0 Å². The Morgan fingerprint density at radius 3 is 2.82 bits per heavy atom. The summed E-state index contributed by atoms with van der Waals surface area (Å²) in [6.45, 7) is 3.66. The zero-order chi connectivity index (χ0) is 22.9. The fraction of sp³-hybridized carbons (Fsp3) is 0.440. The fourth-order valence-corrected chi connectivity index (χ4v) is 4.22. The van der Waals surface area contributed by atoms with Crippen LogP contribution >= 0.6 is 11.6 Å². The van der Waals surface area contributed by atoms with Crippen LogP contribution in [0.25, 0.3) is 6.08 Å². The molecule has 0 radical (unpaired) electrons. The van der Waals surface area contributed by atoms with Crippen molar-refractivity contribution in [3.8, 4) is 0 Å². The number of benzene rings is 1. The minimum atomic E-state index is -0.356. The molecular weight excluding hydrogens is 440 g/mol. The normalized spacial score (nSPS) is 21.7. The minimum Gasteiger partial charge on any atom is -0.366 e. The highest BCUT2D eigenvalue weighted by molar-refractivity contribution is 6.30. The van der Waals surface area contributed by atoms with Gasteiger partial charge in [-0.05, 0) is 73.7 Å². The highest BCUT2D eigenvalue weighted by atomic mass is 35.5. The Labute approximate surface area is 200 Å². The Bertz CT molecular complexity index is 914. The number of amides is 1. The molecule has 2 N–H and O–H groups in total. The van der Waals surface area contributed by atoms with Crippen molar-refractivity contribution in [3.05, 3.63) is 64.8 Å². The Kier molecular flexibility index (Phi) is 8.72. The third-order valence-corrected chi connectivity index (χ3v) is 6.07. The monoisotopic (exact) mass is 470 g/mol. The maximum absolute atomic E-state index is 11.9. The van der Waals surface area contributed by atoms with Crippen LogP contribution in [0.4, 0.5) is 5.82 Å². The number of hydroxylamine groups is 1. The largest absolute Gasteiger partial charge is 0.366 e. The molecule has 33 heavy (non-hydrogen) atoms. The van der Waals surface area contributed by atoms with Crippen LogP contribution in [0.1, 0.15) is 43.2 Å². The van der Waals surface area contributed by atoms with Crippen molar-refractivity contribution >= 4 is 29.4 Å². The summed E-state index contributed by atoms with van der Waals surface area (Å²) >= 11 is 5.99. The van der Waals surface area contributed by atoms with Gasteiger partial charge in [0.05, 0.1) is 0 Å². The number of rotatable bonds is 8. The molecule has 2 fully saturated rings. The topological polar surface area (TPSA) is 75.7 Å². The van der Waals surface area contributed by atoms with Crippen LogP contribution in [0.3, 0.4) is 0 Å². The fourth-order valence-electron chi connectivity index (χ4n) is 4.10. The third kappa shape index (κ3) is 7.82. The van der Waals surface area contributed by atoms with E-state index in [4.69, 9.17) is 21.2 Å². The van der Waals surface area contributed by atoms with E-state index >= 15 is 0 Å². The molecule has 2 aromatic rings. The van der Waals surface area contributed by atoms with Crippen molar-refractivity contribution in [2.45, 2.75) is 51.0 Å². The van der Waals surface area contributed by atoms with Gasteiger partial charge < -0.3 is 10.1 Å². The molecule has 1 aromatic carbocycles. The first-order chi connectivity index (χ1) is 16.1. The van der Waals surface area contributed by atoms with Gasteiger partial charge in [-0.2, -0.15) is 0 Å². The number of carbonyl (C=O) groups is 1. The van der Waals surface area contributed by atoms with Crippen LogP contribution in [-0.4, -0.2) is 47.8 Å². The summed E-state index contributed by atoms with van der Waals surface area (Å²) in [4.78, 5) is 24.2. The summed E-state index contributed by atoms with van der Waals surface area (Å²) in [5, 5.41) is 4.31. The number of hydrogen-bond donors (Lipinski definition) is 2. The van der Waals surface area contributed by atoms with Gasteiger partial charge >= 0.3 is 0 Å². The number of nitrogens with one attached hydrogen (secondary N) is 2. The molecule has 4 rings (SSSR count). The molecule has 176 valence electrons. The van der Waals surface area contributed by atoms with Crippen LogP contribution in [0, 0.1) is 0 Å². The van der Waals surface area contributed by atoms with Gasteiger partial charge in [0.15, 0.2) is 6.29 Å². The molecule has 0 spiro atoms. The van der Waals surface area contributed by atoms with Crippen LogP contribution in [0.2, 0.25) is 5.02 Å². The van der Waals surface area contributed by atoms with Crippen LogP contribution < -0.4 is 10.8 Å². The number of halogens is 1. The summed E-state index contributed by atoms with van der Waals surface area (Å²) in [7, 11) is 0. The summed E-state index contributed by atoms with van der Waals surface area (Å²) in [6, 6.07) is 12.3. The molecule has 1 unspecified atom stereocenters. The number of hydrogen-bond acceptors (Lipinski definition) is 6. The van der Waals surface area contributed by atoms with Gasteiger partial charge in [0.2, 0.25) is 0 Å². The Balaban J connectivity index is 1.21. The quantitative estimate of drug-likeness (QED) is 0.440. The molecule has 2 saturated heterocycles. The van der Waals surface area contributed by atoms with Gasteiger partial charge in [0.1, 0.15) is 5.82 Å². The molecule has 0 saturated carbocycles. The maximum atomic E-state index is 11.9. The lowest BCUT2D eigenvalue weighted by molar-refractivity contribution is -0.198. The zero-order valence-electron chi connectivity index (χ0n) is 18.7. The molecule has 2 atom stereocenters. The van der Waals surface area contributed by atoms with Crippen molar-refractivity contribution in [2.75, 3.05) is 25.0 Å². The summed E-state index contributed by atoms with van der Waals surface area (Å²) in [6.07, 6.45) is 9.69. The molecular formula is C25H31ClN4O3. The second-order valence-electron chi connectivity index (χ2n) is 8.54. The van der Waals surface area contributed by atoms with Gasteiger partial charge in [-0.1, -0.05) is 23.7 Å². The number of likely N-dealkylation sites (tertiary alicyclic amines) is 1. The van der Waals surface area contributed by atoms with Crippen molar-refractivity contribution in [1.82, 2.24) is 15.4 Å². The standard InChI is InChI=1S/C25H31ClN4O3/c26-21-10-6-20(7-11-21)17-30-14-3-4-22(18-30)28-23-12-8-19(16-27-23)9-13-24(31)29-33-25-5-1-2-15-32-25/h6-13,16,22,25H,1-5,14-15,17-18H2,(H,27,28)(H,29,31)/t22-,25?/m1/s1. The number of aromatic nitrogens is 1. The minimum absolute atomic E-state index is 0.325. The number of pyridine rings is 1. The third-order valence-electron chi connectivity index (χ3n) is 5.82. The lowest BCUT2D eigenvalue weighted by atomic mass is 10.0. The molecule has 7 nitrogen and oxygen atoms in total. The molecule has 2 aliphatic rings. The SMILES string of the molecule is O=C(C=Cc1ccc(N[C@@H]2CCCN(Cc3ccc(Cl)cc3)C2)nc1)NOC1CCCCO1. The summed E-state index contributed by atoms with van der Waals surface area (Å²) in [5.41, 5.74) is 4.54. The smallest absolute Gasteiger partial charge is 0.267 e. The second kappa shape index (κ2) is 12.1.